The maximum absolute atomic E-state index is 5.93. The summed E-state index contributed by atoms with van der Waals surface area (Å²) in [6, 6.07) is 0. The molecule has 0 aromatic heterocycles. The maximum atomic E-state index is 5.93. The highest BCUT2D eigenvalue weighted by molar-refractivity contribution is 4.80. The van der Waals surface area contributed by atoms with Gasteiger partial charge in [0.25, 0.3) is 0 Å². The second kappa shape index (κ2) is 7.24. The number of ether oxygens (including phenoxy) is 2. The second-order valence-corrected chi connectivity index (χ2v) is 4.91. The van der Waals surface area contributed by atoms with Gasteiger partial charge >= 0.3 is 0 Å². The van der Waals surface area contributed by atoms with Gasteiger partial charge in [0.15, 0.2) is 0 Å². The Bertz CT molecular complexity index is 153. The Kier molecular flexibility index (Phi) is 7.20. The molecule has 0 unspecified atom stereocenters. The van der Waals surface area contributed by atoms with Gasteiger partial charge in [-0.05, 0) is 40.5 Å². The van der Waals surface area contributed by atoms with Gasteiger partial charge in [-0.2, -0.15) is 0 Å². The quantitative estimate of drug-likeness (QED) is 0.614. The van der Waals surface area contributed by atoms with Gasteiger partial charge in [0, 0.05) is 6.61 Å². The lowest BCUT2D eigenvalue weighted by molar-refractivity contribution is -0.144. The molecule has 0 N–H and O–H groups in total. The zero-order chi connectivity index (χ0) is 11.9. The topological polar surface area (TPSA) is 18.5 Å². The van der Waals surface area contributed by atoms with Crippen LogP contribution < -0.4 is 0 Å². The van der Waals surface area contributed by atoms with Crippen molar-refractivity contribution in [1.82, 2.24) is 0 Å². The second-order valence-electron chi connectivity index (χ2n) is 4.91. The first-order valence-corrected chi connectivity index (χ1v) is 6.23. The summed E-state index contributed by atoms with van der Waals surface area (Å²) >= 11 is 0. The highest BCUT2D eigenvalue weighted by Crippen LogP contribution is 2.23. The molecule has 2 heteroatoms. The average Bonchev–Trinajstić information content (AvgIpc) is 2.13. The lowest BCUT2D eigenvalue weighted by atomic mass is 9.97. The van der Waals surface area contributed by atoms with E-state index in [2.05, 4.69) is 41.5 Å². The van der Waals surface area contributed by atoms with Crippen molar-refractivity contribution < 1.29 is 9.47 Å². The largest absolute Gasteiger partial charge is 0.373 e. The summed E-state index contributed by atoms with van der Waals surface area (Å²) in [6.07, 6.45) is 3.73. The zero-order valence-electron chi connectivity index (χ0n) is 11.3. The van der Waals surface area contributed by atoms with Crippen LogP contribution >= 0.6 is 0 Å². The molecular weight excluding hydrogens is 188 g/mol. The molecule has 0 aromatic carbocycles. The summed E-state index contributed by atoms with van der Waals surface area (Å²) in [5.74, 6) is 0. The molecule has 92 valence electrons. The molecule has 0 bridgehead atoms. The Labute approximate surface area is 95.3 Å². The first kappa shape index (κ1) is 14.9. The van der Waals surface area contributed by atoms with Crippen LogP contribution in [0.1, 0.15) is 60.8 Å². The molecule has 0 fully saturated rings. The normalized spacial score (nSPS) is 14.6. The van der Waals surface area contributed by atoms with Crippen molar-refractivity contribution in [3.8, 4) is 0 Å². The predicted octanol–water partition coefficient (Wildman–Crippen LogP) is 3.79. The van der Waals surface area contributed by atoms with Gasteiger partial charge < -0.3 is 9.47 Å². The first-order valence-electron chi connectivity index (χ1n) is 6.23. The molecule has 0 radical (unpaired) electrons. The van der Waals surface area contributed by atoms with Crippen molar-refractivity contribution in [2.24, 2.45) is 0 Å². The van der Waals surface area contributed by atoms with E-state index in [0.717, 1.165) is 25.9 Å². The van der Waals surface area contributed by atoms with Gasteiger partial charge in [-0.25, -0.2) is 0 Å². The van der Waals surface area contributed by atoms with Crippen molar-refractivity contribution in [3.05, 3.63) is 0 Å². The lowest BCUT2D eigenvalue weighted by Gasteiger charge is -2.35. The lowest BCUT2D eigenvalue weighted by Crippen LogP contribution is -2.42. The summed E-state index contributed by atoms with van der Waals surface area (Å²) in [7, 11) is 0. The standard InChI is InChI=1S/C13H28O2/c1-7-9-12(15-11(3)4)13(5,6)14-10-8-2/h11-12H,7-10H2,1-6H3/t12-/m1/s1. The van der Waals surface area contributed by atoms with E-state index in [-0.39, 0.29) is 17.8 Å². The minimum atomic E-state index is -0.170. The third-order valence-electron chi connectivity index (χ3n) is 2.44. The molecule has 0 rings (SSSR count). The van der Waals surface area contributed by atoms with Crippen molar-refractivity contribution in [1.29, 1.82) is 0 Å². The van der Waals surface area contributed by atoms with Gasteiger partial charge in [0.1, 0.15) is 0 Å². The minimum absolute atomic E-state index is 0.170. The summed E-state index contributed by atoms with van der Waals surface area (Å²) < 4.78 is 11.8. The Hall–Kier alpha value is -0.0800. The van der Waals surface area contributed by atoms with Crippen molar-refractivity contribution in [2.45, 2.75) is 78.6 Å². The van der Waals surface area contributed by atoms with E-state index in [0.29, 0.717) is 0 Å². The highest BCUT2D eigenvalue weighted by atomic mass is 16.6. The van der Waals surface area contributed by atoms with Gasteiger partial charge in [-0.15, -0.1) is 0 Å². The fraction of sp³-hybridized carbons (Fsp3) is 1.00. The average molecular weight is 216 g/mol. The summed E-state index contributed by atoms with van der Waals surface area (Å²) in [4.78, 5) is 0. The van der Waals surface area contributed by atoms with Crippen LogP contribution in [0.4, 0.5) is 0 Å². The van der Waals surface area contributed by atoms with E-state index in [9.17, 15) is 0 Å². The SMILES string of the molecule is CCCOC(C)(C)[C@@H](CCC)OC(C)C. The molecule has 1 atom stereocenters. The van der Waals surface area contributed by atoms with E-state index in [4.69, 9.17) is 9.47 Å². The summed E-state index contributed by atoms with van der Waals surface area (Å²) in [6.45, 7) is 13.6. The van der Waals surface area contributed by atoms with Crippen LogP contribution in [0.3, 0.4) is 0 Å². The van der Waals surface area contributed by atoms with E-state index in [1.165, 1.54) is 0 Å². The van der Waals surface area contributed by atoms with Crippen LogP contribution in [-0.4, -0.2) is 24.4 Å². The molecule has 0 heterocycles. The highest BCUT2D eigenvalue weighted by Gasteiger charge is 2.30. The summed E-state index contributed by atoms with van der Waals surface area (Å²) in [5.41, 5.74) is -0.170. The van der Waals surface area contributed by atoms with Crippen LogP contribution in [0.25, 0.3) is 0 Å². The molecule has 0 amide bonds. The van der Waals surface area contributed by atoms with Crippen LogP contribution in [0.15, 0.2) is 0 Å². The maximum Gasteiger partial charge on any atom is 0.0887 e. The van der Waals surface area contributed by atoms with E-state index in [1.54, 1.807) is 0 Å². The molecule has 0 aliphatic heterocycles. The monoisotopic (exact) mass is 216 g/mol. The van der Waals surface area contributed by atoms with Gasteiger partial charge in [0.05, 0.1) is 17.8 Å². The molecule has 2 nitrogen and oxygen atoms in total. The van der Waals surface area contributed by atoms with Crippen LogP contribution in [0.2, 0.25) is 0 Å². The molecule has 0 aliphatic rings. The molecule has 15 heavy (non-hydrogen) atoms. The zero-order valence-corrected chi connectivity index (χ0v) is 11.3. The number of hydrogen-bond acceptors (Lipinski definition) is 2. The molecule has 0 aromatic rings. The molecule has 0 spiro atoms. The first-order chi connectivity index (χ1) is 6.94. The van der Waals surface area contributed by atoms with E-state index < -0.39 is 0 Å². The fourth-order valence-electron chi connectivity index (χ4n) is 1.63. The number of rotatable bonds is 8. The number of hydrogen-bond donors (Lipinski definition) is 0. The Morgan fingerprint density at radius 3 is 2.07 bits per heavy atom. The van der Waals surface area contributed by atoms with Crippen LogP contribution in [-0.2, 0) is 9.47 Å². The van der Waals surface area contributed by atoms with E-state index >= 15 is 0 Å². The van der Waals surface area contributed by atoms with Crippen LogP contribution in [0, 0.1) is 0 Å². The Morgan fingerprint density at radius 1 is 1.07 bits per heavy atom. The van der Waals surface area contributed by atoms with Gasteiger partial charge in [-0.1, -0.05) is 20.3 Å². The Morgan fingerprint density at radius 2 is 1.67 bits per heavy atom. The van der Waals surface area contributed by atoms with Gasteiger partial charge in [-0.3, -0.25) is 0 Å². The molecular formula is C13H28O2. The van der Waals surface area contributed by atoms with Crippen molar-refractivity contribution in [2.75, 3.05) is 6.61 Å². The predicted molar refractivity (Wildman–Crippen MR) is 65.2 cm³/mol. The third kappa shape index (κ3) is 6.16. The summed E-state index contributed by atoms with van der Waals surface area (Å²) in [5, 5.41) is 0. The van der Waals surface area contributed by atoms with Crippen molar-refractivity contribution in [3.63, 3.8) is 0 Å². The molecule has 0 saturated carbocycles. The van der Waals surface area contributed by atoms with Crippen LogP contribution in [0.5, 0.6) is 0 Å². The smallest absolute Gasteiger partial charge is 0.0887 e. The minimum Gasteiger partial charge on any atom is -0.373 e. The third-order valence-corrected chi connectivity index (χ3v) is 2.44. The fourth-order valence-corrected chi connectivity index (χ4v) is 1.63. The van der Waals surface area contributed by atoms with Gasteiger partial charge in [0.2, 0.25) is 0 Å². The molecule has 0 saturated heterocycles. The molecule has 0 aliphatic carbocycles. The Balaban J connectivity index is 4.28. The van der Waals surface area contributed by atoms with E-state index in [1.807, 2.05) is 0 Å². The van der Waals surface area contributed by atoms with Crippen molar-refractivity contribution >= 4 is 0 Å².